The van der Waals surface area contributed by atoms with Crippen molar-refractivity contribution >= 4 is 17.5 Å². The van der Waals surface area contributed by atoms with E-state index in [4.69, 9.17) is 0 Å². The molecule has 0 radical (unpaired) electrons. The minimum atomic E-state index is -1.48. The van der Waals surface area contributed by atoms with Gasteiger partial charge in [-0.3, -0.25) is 14.6 Å². The number of nitrogens with zero attached hydrogens (tertiary/aromatic N) is 2. The third-order valence-corrected chi connectivity index (χ3v) is 4.14. The number of nitrogens with one attached hydrogen (secondary N) is 1. The van der Waals surface area contributed by atoms with E-state index in [1.54, 1.807) is 19.4 Å². The first-order valence-corrected chi connectivity index (χ1v) is 8.13. The Bertz CT molecular complexity index is 774. The van der Waals surface area contributed by atoms with E-state index in [0.29, 0.717) is 13.0 Å². The van der Waals surface area contributed by atoms with Crippen LogP contribution in [0.5, 0.6) is 0 Å². The molecule has 1 aromatic heterocycles. The number of anilines is 1. The Hall–Kier alpha value is -2.83. The fraction of sp³-hybridized carbons (Fsp3) is 0.316. The van der Waals surface area contributed by atoms with E-state index in [9.17, 15) is 18.4 Å². The highest BCUT2D eigenvalue weighted by molar-refractivity contribution is 6.09. The molecule has 2 rings (SSSR count). The van der Waals surface area contributed by atoms with Gasteiger partial charge in [-0.1, -0.05) is 6.07 Å². The zero-order chi connectivity index (χ0) is 19.3. The predicted molar refractivity (Wildman–Crippen MR) is 94.3 cm³/mol. The normalized spacial score (nSPS) is 11.1. The molecular formula is C19H21F2N3O2. The number of carbonyl (C=O) groups is 2. The summed E-state index contributed by atoms with van der Waals surface area (Å²) in [5, 5.41) is 2.18. The standard InChI is InChI=1S/C19H21F2N3O2/c1-19(2,17(25)23-16-14(20)5-4-6-15(16)21)18(26)24(3)12-9-13-7-10-22-11-8-13/h4-8,10-11H,9,12H2,1-3H3,(H,23,25). The summed E-state index contributed by atoms with van der Waals surface area (Å²) in [4.78, 5) is 30.5. The fourth-order valence-electron chi connectivity index (χ4n) is 2.41. The number of hydrogen-bond donors (Lipinski definition) is 1. The maximum Gasteiger partial charge on any atom is 0.239 e. The van der Waals surface area contributed by atoms with Gasteiger partial charge in [0, 0.05) is 26.0 Å². The molecule has 0 saturated heterocycles. The first-order valence-electron chi connectivity index (χ1n) is 8.13. The molecule has 0 bridgehead atoms. The van der Waals surface area contributed by atoms with Gasteiger partial charge in [0.2, 0.25) is 11.8 Å². The molecule has 0 aliphatic carbocycles. The minimum Gasteiger partial charge on any atom is -0.345 e. The fourth-order valence-corrected chi connectivity index (χ4v) is 2.41. The molecule has 2 aromatic rings. The summed E-state index contributed by atoms with van der Waals surface area (Å²) in [6.45, 7) is 3.24. The smallest absolute Gasteiger partial charge is 0.239 e. The highest BCUT2D eigenvalue weighted by atomic mass is 19.1. The van der Waals surface area contributed by atoms with Crippen LogP contribution >= 0.6 is 0 Å². The van der Waals surface area contributed by atoms with Gasteiger partial charge in [0.1, 0.15) is 22.7 Å². The van der Waals surface area contributed by atoms with Crippen LogP contribution in [0.2, 0.25) is 0 Å². The molecule has 0 unspecified atom stereocenters. The number of pyridine rings is 1. The third kappa shape index (κ3) is 4.41. The van der Waals surface area contributed by atoms with Gasteiger partial charge in [0.25, 0.3) is 0 Å². The number of benzene rings is 1. The number of carbonyl (C=O) groups excluding carboxylic acids is 2. The summed E-state index contributed by atoms with van der Waals surface area (Å²) >= 11 is 0. The topological polar surface area (TPSA) is 62.3 Å². The number of likely N-dealkylation sites (N-methyl/N-ethyl adjacent to an activating group) is 1. The van der Waals surface area contributed by atoms with E-state index in [0.717, 1.165) is 17.7 Å². The van der Waals surface area contributed by atoms with E-state index in [1.165, 1.54) is 24.8 Å². The molecule has 0 atom stereocenters. The predicted octanol–water partition coefficient (Wildman–Crippen LogP) is 3.03. The quantitative estimate of drug-likeness (QED) is 0.805. The highest BCUT2D eigenvalue weighted by Gasteiger charge is 2.38. The van der Waals surface area contributed by atoms with Gasteiger partial charge in [-0.05, 0) is 50.1 Å². The summed E-state index contributed by atoms with van der Waals surface area (Å²) in [7, 11) is 1.59. The summed E-state index contributed by atoms with van der Waals surface area (Å²) in [5.41, 5.74) is -1.03. The molecule has 2 amide bonds. The Morgan fingerprint density at radius 2 is 1.69 bits per heavy atom. The first kappa shape index (κ1) is 19.5. The van der Waals surface area contributed by atoms with E-state index < -0.39 is 34.6 Å². The number of halogens is 2. The molecule has 1 N–H and O–H groups in total. The lowest BCUT2D eigenvalue weighted by atomic mass is 9.90. The van der Waals surface area contributed by atoms with Crippen molar-refractivity contribution in [2.75, 3.05) is 18.9 Å². The molecule has 5 nitrogen and oxygen atoms in total. The van der Waals surface area contributed by atoms with Gasteiger partial charge in [-0.2, -0.15) is 0 Å². The van der Waals surface area contributed by atoms with Crippen LogP contribution in [0.3, 0.4) is 0 Å². The summed E-state index contributed by atoms with van der Waals surface area (Å²) in [6, 6.07) is 6.96. The summed E-state index contributed by atoms with van der Waals surface area (Å²) < 4.78 is 27.4. The lowest BCUT2D eigenvalue weighted by molar-refractivity contribution is -0.145. The Balaban J connectivity index is 2.04. The number of para-hydroxylation sites is 1. The lowest BCUT2D eigenvalue weighted by Gasteiger charge is -2.28. The van der Waals surface area contributed by atoms with E-state index in [-0.39, 0.29) is 0 Å². The van der Waals surface area contributed by atoms with Crippen LogP contribution in [0.4, 0.5) is 14.5 Å². The van der Waals surface area contributed by atoms with Gasteiger partial charge in [0.05, 0.1) is 0 Å². The molecule has 1 aromatic carbocycles. The zero-order valence-corrected chi connectivity index (χ0v) is 14.9. The van der Waals surface area contributed by atoms with Crippen LogP contribution in [0.15, 0.2) is 42.7 Å². The monoisotopic (exact) mass is 361 g/mol. The molecule has 26 heavy (non-hydrogen) atoms. The second-order valence-electron chi connectivity index (χ2n) is 6.51. The van der Waals surface area contributed by atoms with E-state index >= 15 is 0 Å². The van der Waals surface area contributed by atoms with Crippen LogP contribution < -0.4 is 5.32 Å². The molecular weight excluding hydrogens is 340 g/mol. The summed E-state index contributed by atoms with van der Waals surface area (Å²) in [5.74, 6) is -3.01. The van der Waals surface area contributed by atoms with Crippen molar-refractivity contribution in [1.82, 2.24) is 9.88 Å². The second kappa shape index (κ2) is 8.03. The van der Waals surface area contributed by atoms with Gasteiger partial charge in [-0.25, -0.2) is 8.78 Å². The van der Waals surface area contributed by atoms with Crippen molar-refractivity contribution < 1.29 is 18.4 Å². The van der Waals surface area contributed by atoms with Crippen molar-refractivity contribution in [3.05, 3.63) is 59.9 Å². The lowest BCUT2D eigenvalue weighted by Crippen LogP contribution is -2.46. The molecule has 138 valence electrons. The number of rotatable bonds is 6. The Morgan fingerprint density at radius 3 is 2.27 bits per heavy atom. The maximum absolute atomic E-state index is 13.7. The Labute approximate surface area is 151 Å². The minimum absolute atomic E-state index is 0.396. The van der Waals surface area contributed by atoms with Crippen LogP contribution in [-0.4, -0.2) is 35.3 Å². The SMILES string of the molecule is CN(CCc1ccncc1)C(=O)C(C)(C)C(=O)Nc1c(F)cccc1F. The number of amides is 2. The summed E-state index contributed by atoms with van der Waals surface area (Å²) in [6.07, 6.45) is 3.93. The second-order valence-corrected chi connectivity index (χ2v) is 6.51. The van der Waals surface area contributed by atoms with E-state index in [1.807, 2.05) is 12.1 Å². The van der Waals surface area contributed by atoms with Gasteiger partial charge in [-0.15, -0.1) is 0 Å². The number of hydrogen-bond acceptors (Lipinski definition) is 3. The van der Waals surface area contributed by atoms with Crippen molar-refractivity contribution in [2.24, 2.45) is 5.41 Å². The van der Waals surface area contributed by atoms with E-state index in [2.05, 4.69) is 10.3 Å². The average molecular weight is 361 g/mol. The molecule has 1 heterocycles. The van der Waals surface area contributed by atoms with Gasteiger partial charge in [0.15, 0.2) is 0 Å². The van der Waals surface area contributed by atoms with Gasteiger partial charge >= 0.3 is 0 Å². The average Bonchev–Trinajstić information content (AvgIpc) is 2.62. The molecule has 0 spiro atoms. The van der Waals surface area contributed by atoms with Crippen molar-refractivity contribution in [2.45, 2.75) is 20.3 Å². The van der Waals surface area contributed by atoms with Crippen LogP contribution in [0, 0.1) is 17.0 Å². The largest absolute Gasteiger partial charge is 0.345 e. The molecule has 0 saturated carbocycles. The van der Waals surface area contributed by atoms with Crippen molar-refractivity contribution in [1.29, 1.82) is 0 Å². The molecule has 0 aliphatic heterocycles. The Morgan fingerprint density at radius 1 is 1.12 bits per heavy atom. The Kier molecular flexibility index (Phi) is 6.02. The number of aromatic nitrogens is 1. The maximum atomic E-state index is 13.7. The van der Waals surface area contributed by atoms with Crippen molar-refractivity contribution in [3.8, 4) is 0 Å². The van der Waals surface area contributed by atoms with Crippen molar-refractivity contribution in [3.63, 3.8) is 0 Å². The molecule has 0 fully saturated rings. The van der Waals surface area contributed by atoms with Gasteiger partial charge < -0.3 is 10.2 Å². The first-order chi connectivity index (χ1) is 12.2. The molecule has 7 heteroatoms. The van der Waals surface area contributed by atoms with Crippen LogP contribution in [0.25, 0.3) is 0 Å². The van der Waals surface area contributed by atoms with Crippen LogP contribution in [-0.2, 0) is 16.0 Å². The highest BCUT2D eigenvalue weighted by Crippen LogP contribution is 2.24. The third-order valence-electron chi connectivity index (χ3n) is 4.14. The van der Waals surface area contributed by atoms with Crippen LogP contribution in [0.1, 0.15) is 19.4 Å². The zero-order valence-electron chi connectivity index (χ0n) is 14.9. The molecule has 0 aliphatic rings.